The van der Waals surface area contributed by atoms with E-state index < -0.39 is 0 Å². The summed E-state index contributed by atoms with van der Waals surface area (Å²) in [6, 6.07) is 12.1. The number of fused-ring (bicyclic) bond motifs is 2. The predicted molar refractivity (Wildman–Crippen MR) is 114 cm³/mol. The summed E-state index contributed by atoms with van der Waals surface area (Å²) in [4.78, 5) is 12.4. The Labute approximate surface area is 172 Å². The molecule has 1 heterocycles. The molecule has 1 saturated heterocycles. The number of benzene rings is 2. The Morgan fingerprint density at radius 3 is 2.72 bits per heavy atom. The van der Waals surface area contributed by atoms with Crippen LogP contribution in [-0.4, -0.2) is 23.7 Å². The number of phenolic OH excluding ortho intramolecular Hbond substituents is 1. The van der Waals surface area contributed by atoms with E-state index in [-0.39, 0.29) is 28.9 Å². The Morgan fingerprint density at radius 2 is 1.97 bits per heavy atom. The van der Waals surface area contributed by atoms with E-state index in [1.807, 2.05) is 31.2 Å². The molecule has 1 spiro atoms. The van der Waals surface area contributed by atoms with E-state index in [4.69, 9.17) is 4.74 Å². The highest BCUT2D eigenvalue weighted by Gasteiger charge is 2.68. The second-order valence-corrected chi connectivity index (χ2v) is 9.91. The lowest BCUT2D eigenvalue weighted by Crippen LogP contribution is -2.58. The summed E-state index contributed by atoms with van der Waals surface area (Å²) in [5.74, 6) is 1.46. The van der Waals surface area contributed by atoms with Gasteiger partial charge in [0.25, 0.3) is 0 Å². The highest BCUT2D eigenvalue weighted by atomic mass is 16.5. The number of rotatable bonds is 3. The molecule has 3 fully saturated rings. The normalized spacial score (nSPS) is 34.9. The minimum atomic E-state index is 0.0105. The molecule has 1 aliphatic heterocycles. The second-order valence-electron chi connectivity index (χ2n) is 9.91. The van der Waals surface area contributed by atoms with Crippen molar-refractivity contribution in [3.63, 3.8) is 0 Å². The highest BCUT2D eigenvalue weighted by molar-refractivity contribution is 5.91. The first-order valence-electron chi connectivity index (χ1n) is 11.0. The molecule has 2 bridgehead atoms. The average Bonchev–Trinajstić information content (AvgIpc) is 3.21. The molecule has 1 unspecified atom stereocenters. The van der Waals surface area contributed by atoms with Crippen molar-refractivity contribution in [2.24, 2.45) is 22.7 Å². The van der Waals surface area contributed by atoms with E-state index in [0.717, 1.165) is 30.2 Å². The van der Waals surface area contributed by atoms with Crippen LogP contribution in [0.15, 0.2) is 36.4 Å². The summed E-state index contributed by atoms with van der Waals surface area (Å²) in [5, 5.41) is 15.7. The molecule has 4 heteroatoms. The molecule has 29 heavy (non-hydrogen) atoms. The van der Waals surface area contributed by atoms with Gasteiger partial charge in [0.15, 0.2) is 0 Å². The van der Waals surface area contributed by atoms with E-state index in [1.54, 1.807) is 6.07 Å². The molecule has 5 atom stereocenters. The smallest absolute Gasteiger partial charge is 0.219 e. The number of amides is 1. The Balaban J connectivity index is 1.58. The van der Waals surface area contributed by atoms with Crippen LogP contribution in [0.3, 0.4) is 0 Å². The molecule has 0 radical (unpaired) electrons. The fourth-order valence-electron chi connectivity index (χ4n) is 6.91. The molecular weight excluding hydrogens is 362 g/mol. The molecular formula is C25H31NO3. The molecule has 4 nitrogen and oxygen atoms in total. The topological polar surface area (TPSA) is 58.6 Å². The van der Waals surface area contributed by atoms with Crippen molar-refractivity contribution < 1.29 is 14.6 Å². The molecule has 2 saturated carbocycles. The van der Waals surface area contributed by atoms with Gasteiger partial charge in [-0.15, -0.1) is 0 Å². The van der Waals surface area contributed by atoms with Crippen LogP contribution in [0.1, 0.15) is 58.1 Å². The van der Waals surface area contributed by atoms with Crippen molar-refractivity contribution in [1.29, 1.82) is 0 Å². The summed E-state index contributed by atoms with van der Waals surface area (Å²) in [7, 11) is 0. The van der Waals surface area contributed by atoms with Gasteiger partial charge >= 0.3 is 0 Å². The molecule has 2 aromatic rings. The quantitative estimate of drug-likeness (QED) is 0.775. The van der Waals surface area contributed by atoms with Crippen molar-refractivity contribution in [2.45, 2.75) is 58.6 Å². The molecule has 0 aromatic heterocycles. The molecule has 154 valence electrons. The Hall–Kier alpha value is -2.07. The van der Waals surface area contributed by atoms with Crippen molar-refractivity contribution in [3.8, 4) is 5.75 Å². The van der Waals surface area contributed by atoms with Crippen molar-refractivity contribution in [1.82, 2.24) is 5.32 Å². The van der Waals surface area contributed by atoms with Crippen LogP contribution in [0, 0.1) is 22.7 Å². The molecule has 2 aliphatic carbocycles. The minimum Gasteiger partial charge on any atom is -0.507 e. The van der Waals surface area contributed by atoms with Crippen LogP contribution >= 0.6 is 0 Å². The SMILES string of the molecule is CCC(=O)N[C@H]1C(C)(C)[C@@H]2C[C@@H]3[C@@H](c4ccc(O)c5ccccc45)OCCC31C2. The van der Waals surface area contributed by atoms with Crippen LogP contribution in [0.5, 0.6) is 5.75 Å². The third-order valence-corrected chi connectivity index (χ3v) is 8.37. The summed E-state index contributed by atoms with van der Waals surface area (Å²) in [5.41, 5.74) is 1.38. The first-order chi connectivity index (χ1) is 13.9. The molecule has 1 amide bonds. The maximum absolute atomic E-state index is 12.4. The zero-order valence-corrected chi connectivity index (χ0v) is 17.6. The zero-order valence-electron chi connectivity index (χ0n) is 17.6. The number of phenols is 1. The van der Waals surface area contributed by atoms with Crippen LogP contribution in [0.2, 0.25) is 0 Å². The minimum absolute atomic E-state index is 0.0105. The van der Waals surface area contributed by atoms with Crippen LogP contribution in [0.4, 0.5) is 0 Å². The maximum atomic E-state index is 12.4. The maximum Gasteiger partial charge on any atom is 0.219 e. The number of carbonyl (C=O) groups is 1. The van der Waals surface area contributed by atoms with Gasteiger partial charge < -0.3 is 15.2 Å². The van der Waals surface area contributed by atoms with Gasteiger partial charge in [0.05, 0.1) is 6.10 Å². The van der Waals surface area contributed by atoms with E-state index in [0.29, 0.717) is 24.0 Å². The standard InChI is InChI=1S/C25H31NO3/c1-4-21(28)26-23-24(2,3)15-13-19-22(29-12-11-25(19,23)14-15)18-9-10-20(27)17-8-6-5-7-16(17)18/h5-10,15,19,22-23,27H,4,11-14H2,1-3H3,(H,26,28)/t15-,19-,22-,23+,25?/m1/s1. The Morgan fingerprint density at radius 1 is 1.21 bits per heavy atom. The van der Waals surface area contributed by atoms with Gasteiger partial charge in [0.1, 0.15) is 5.75 Å². The lowest BCUT2D eigenvalue weighted by atomic mass is 9.58. The van der Waals surface area contributed by atoms with Gasteiger partial charge in [-0.1, -0.05) is 51.1 Å². The van der Waals surface area contributed by atoms with Crippen LogP contribution in [0.25, 0.3) is 10.8 Å². The number of ether oxygens (including phenoxy) is 1. The summed E-state index contributed by atoms with van der Waals surface area (Å²) in [6.45, 7) is 7.32. The summed E-state index contributed by atoms with van der Waals surface area (Å²) in [6.07, 6.45) is 3.87. The number of carbonyl (C=O) groups excluding carboxylic acids is 1. The van der Waals surface area contributed by atoms with E-state index in [9.17, 15) is 9.90 Å². The fourth-order valence-corrected chi connectivity index (χ4v) is 6.91. The highest BCUT2D eigenvalue weighted by Crippen LogP contribution is 2.70. The van der Waals surface area contributed by atoms with Gasteiger partial charge in [-0.2, -0.15) is 0 Å². The van der Waals surface area contributed by atoms with Gasteiger partial charge in [-0.25, -0.2) is 0 Å². The van der Waals surface area contributed by atoms with Gasteiger partial charge in [-0.05, 0) is 58.9 Å². The summed E-state index contributed by atoms with van der Waals surface area (Å²) >= 11 is 0. The zero-order chi connectivity index (χ0) is 20.4. The van der Waals surface area contributed by atoms with E-state index >= 15 is 0 Å². The largest absolute Gasteiger partial charge is 0.507 e. The van der Waals surface area contributed by atoms with Crippen LogP contribution < -0.4 is 5.32 Å². The monoisotopic (exact) mass is 393 g/mol. The van der Waals surface area contributed by atoms with E-state index in [2.05, 4.69) is 25.2 Å². The lowest BCUT2D eigenvalue weighted by Gasteiger charge is -2.53. The number of hydrogen-bond acceptors (Lipinski definition) is 3. The van der Waals surface area contributed by atoms with Gasteiger partial charge in [0.2, 0.25) is 5.91 Å². The summed E-state index contributed by atoms with van der Waals surface area (Å²) < 4.78 is 6.43. The van der Waals surface area contributed by atoms with Crippen molar-refractivity contribution in [3.05, 3.63) is 42.0 Å². The molecule has 2 N–H and O–H groups in total. The molecule has 5 rings (SSSR count). The lowest BCUT2D eigenvalue weighted by molar-refractivity contribution is -0.136. The third kappa shape index (κ3) is 2.58. The number of hydrogen-bond donors (Lipinski definition) is 2. The van der Waals surface area contributed by atoms with Gasteiger partial charge in [0, 0.05) is 24.5 Å². The number of aromatic hydroxyl groups is 1. The van der Waals surface area contributed by atoms with Crippen LogP contribution in [-0.2, 0) is 9.53 Å². The second kappa shape index (κ2) is 6.46. The fraction of sp³-hybridized carbons (Fsp3) is 0.560. The third-order valence-electron chi connectivity index (χ3n) is 8.37. The molecule has 2 aromatic carbocycles. The first-order valence-corrected chi connectivity index (χ1v) is 11.0. The first kappa shape index (κ1) is 18.9. The number of nitrogens with one attached hydrogen (secondary N) is 1. The Kier molecular flexibility index (Phi) is 4.22. The van der Waals surface area contributed by atoms with Gasteiger partial charge in [-0.3, -0.25) is 4.79 Å². The predicted octanol–water partition coefficient (Wildman–Crippen LogP) is 4.95. The molecule has 3 aliphatic rings. The van der Waals surface area contributed by atoms with Crippen molar-refractivity contribution >= 4 is 16.7 Å². The van der Waals surface area contributed by atoms with E-state index in [1.165, 1.54) is 12.0 Å². The van der Waals surface area contributed by atoms with Crippen molar-refractivity contribution in [2.75, 3.05) is 6.61 Å². The Bertz CT molecular complexity index is 968. The average molecular weight is 394 g/mol.